The van der Waals surface area contributed by atoms with Gasteiger partial charge in [0, 0.05) is 12.2 Å². The van der Waals surface area contributed by atoms with E-state index in [0.717, 1.165) is 0 Å². The van der Waals surface area contributed by atoms with Crippen molar-refractivity contribution in [1.29, 1.82) is 0 Å². The lowest BCUT2D eigenvalue weighted by Gasteiger charge is -2.00. The van der Waals surface area contributed by atoms with E-state index < -0.39 is 0 Å². The lowest BCUT2D eigenvalue weighted by Crippen LogP contribution is -2.04. The molecule has 1 atom stereocenters. The van der Waals surface area contributed by atoms with E-state index in [2.05, 4.69) is 0 Å². The Kier molecular flexibility index (Phi) is 3.91. The molecule has 1 N–H and O–H groups in total. The van der Waals surface area contributed by atoms with Crippen LogP contribution in [0.25, 0.3) is 0 Å². The Bertz CT molecular complexity index is 82.5. The molecule has 2 nitrogen and oxygen atoms in total. The highest BCUT2D eigenvalue weighted by Gasteiger charge is 2.01. The molecule has 0 bridgehead atoms. The molecule has 0 aromatic rings. The summed E-state index contributed by atoms with van der Waals surface area (Å²) >= 11 is 1.17. The molecular formula is C5H10O2S. The van der Waals surface area contributed by atoms with Gasteiger partial charge in [0.15, 0.2) is 5.12 Å². The molecular weight excluding hydrogens is 124 g/mol. The zero-order valence-electron chi connectivity index (χ0n) is 5.05. The highest BCUT2D eigenvalue weighted by atomic mass is 32.2. The number of rotatable bonds is 2. The minimum absolute atomic E-state index is 0.0486. The fourth-order valence-corrected chi connectivity index (χ4v) is 0.962. The van der Waals surface area contributed by atoms with Crippen molar-refractivity contribution in [3.8, 4) is 0 Å². The fraction of sp³-hybridized carbons (Fsp3) is 0.800. The molecule has 0 saturated heterocycles. The van der Waals surface area contributed by atoms with E-state index in [1.54, 1.807) is 0 Å². The topological polar surface area (TPSA) is 37.3 Å². The van der Waals surface area contributed by atoms with E-state index >= 15 is 0 Å². The van der Waals surface area contributed by atoms with Crippen molar-refractivity contribution in [1.82, 2.24) is 0 Å². The summed E-state index contributed by atoms with van der Waals surface area (Å²) < 4.78 is 0. The highest BCUT2D eigenvalue weighted by Crippen LogP contribution is 2.08. The summed E-state index contributed by atoms with van der Waals surface area (Å²) in [5.74, 6) is 0. The summed E-state index contributed by atoms with van der Waals surface area (Å²) in [5, 5.41) is 8.52. The first-order chi connectivity index (χ1) is 3.66. The summed E-state index contributed by atoms with van der Waals surface area (Å²) in [6.45, 7) is 3.38. The normalized spacial score (nSPS) is 13.4. The van der Waals surface area contributed by atoms with Crippen molar-refractivity contribution >= 4 is 16.9 Å². The van der Waals surface area contributed by atoms with Crippen LogP contribution in [0, 0.1) is 0 Å². The Hall–Kier alpha value is -0.0200. The van der Waals surface area contributed by atoms with Crippen molar-refractivity contribution in [3.63, 3.8) is 0 Å². The molecule has 48 valence electrons. The molecule has 0 aliphatic heterocycles. The third-order valence-electron chi connectivity index (χ3n) is 0.624. The summed E-state index contributed by atoms with van der Waals surface area (Å²) in [7, 11) is 0. The summed E-state index contributed by atoms with van der Waals surface area (Å²) in [4.78, 5) is 10.3. The molecule has 0 radical (unpaired) electrons. The van der Waals surface area contributed by atoms with E-state index in [4.69, 9.17) is 5.11 Å². The minimum Gasteiger partial charge on any atom is -0.395 e. The van der Waals surface area contributed by atoms with E-state index in [-0.39, 0.29) is 17.0 Å². The molecule has 0 aromatic carbocycles. The number of aliphatic hydroxyl groups is 1. The van der Waals surface area contributed by atoms with Crippen molar-refractivity contribution in [3.05, 3.63) is 0 Å². The molecule has 0 spiro atoms. The van der Waals surface area contributed by atoms with Crippen molar-refractivity contribution in [2.24, 2.45) is 0 Å². The van der Waals surface area contributed by atoms with Gasteiger partial charge in [0.25, 0.3) is 0 Å². The average molecular weight is 134 g/mol. The number of aliphatic hydroxyl groups excluding tert-OH is 1. The van der Waals surface area contributed by atoms with Crippen LogP contribution in [0.5, 0.6) is 0 Å². The highest BCUT2D eigenvalue weighted by molar-refractivity contribution is 8.14. The Morgan fingerprint density at radius 1 is 1.88 bits per heavy atom. The number of carbonyl (C=O) groups excluding carboxylic acids is 1. The van der Waals surface area contributed by atoms with Gasteiger partial charge in [-0.3, -0.25) is 4.79 Å². The molecule has 0 aliphatic carbocycles. The second-order valence-corrected chi connectivity index (χ2v) is 3.22. The molecule has 0 aromatic heterocycles. The third kappa shape index (κ3) is 4.15. The maximum absolute atomic E-state index is 10.3. The molecule has 0 fully saturated rings. The number of carbonyl (C=O) groups is 1. The Morgan fingerprint density at radius 3 is 2.50 bits per heavy atom. The molecule has 0 heterocycles. The quantitative estimate of drug-likeness (QED) is 0.602. The predicted octanol–water partition coefficient (Wildman–Crippen LogP) is 0.647. The number of hydrogen-bond donors (Lipinski definition) is 1. The lowest BCUT2D eigenvalue weighted by atomic mass is 10.5. The van der Waals surface area contributed by atoms with Crippen LogP contribution >= 0.6 is 11.8 Å². The zero-order valence-corrected chi connectivity index (χ0v) is 5.86. The van der Waals surface area contributed by atoms with Crippen LogP contribution in [0.3, 0.4) is 0 Å². The standard InChI is InChI=1S/C5H10O2S/c1-4(3-6)8-5(2)7/h4,6H,3H2,1-2H3/t4-/m1/s1. The number of hydrogen-bond acceptors (Lipinski definition) is 3. The van der Waals surface area contributed by atoms with Gasteiger partial charge >= 0.3 is 0 Å². The minimum atomic E-state index is 0.0486. The van der Waals surface area contributed by atoms with E-state index in [0.29, 0.717) is 0 Å². The molecule has 0 unspecified atom stereocenters. The maximum atomic E-state index is 10.3. The van der Waals surface area contributed by atoms with Gasteiger partial charge in [-0.05, 0) is 0 Å². The van der Waals surface area contributed by atoms with Crippen molar-refractivity contribution < 1.29 is 9.90 Å². The van der Waals surface area contributed by atoms with Crippen LogP contribution in [-0.4, -0.2) is 22.1 Å². The van der Waals surface area contributed by atoms with E-state index in [1.807, 2.05) is 6.92 Å². The molecule has 0 rings (SSSR count). The second-order valence-electron chi connectivity index (χ2n) is 1.60. The first-order valence-electron chi connectivity index (χ1n) is 2.45. The van der Waals surface area contributed by atoms with Crippen LogP contribution in [0.15, 0.2) is 0 Å². The lowest BCUT2D eigenvalue weighted by molar-refractivity contribution is -0.109. The summed E-state index contributed by atoms with van der Waals surface area (Å²) in [5.41, 5.74) is 0. The smallest absolute Gasteiger partial charge is 0.186 e. The first-order valence-corrected chi connectivity index (χ1v) is 3.33. The van der Waals surface area contributed by atoms with Gasteiger partial charge in [-0.25, -0.2) is 0 Å². The van der Waals surface area contributed by atoms with Crippen molar-refractivity contribution in [2.45, 2.75) is 19.1 Å². The van der Waals surface area contributed by atoms with Crippen LogP contribution < -0.4 is 0 Å². The zero-order chi connectivity index (χ0) is 6.57. The van der Waals surface area contributed by atoms with Gasteiger partial charge in [-0.2, -0.15) is 0 Å². The summed E-state index contributed by atoms with van der Waals surface area (Å²) in [6, 6.07) is 0. The number of thioether (sulfide) groups is 1. The van der Waals surface area contributed by atoms with E-state index in [9.17, 15) is 4.79 Å². The molecule has 8 heavy (non-hydrogen) atoms. The first kappa shape index (κ1) is 7.98. The Balaban J connectivity index is 3.24. The largest absolute Gasteiger partial charge is 0.395 e. The van der Waals surface area contributed by atoms with Crippen LogP contribution in [0.2, 0.25) is 0 Å². The van der Waals surface area contributed by atoms with Crippen LogP contribution in [0.4, 0.5) is 0 Å². The summed E-state index contributed by atoms with van der Waals surface area (Å²) in [6.07, 6.45) is 0. The molecule has 0 saturated carbocycles. The van der Waals surface area contributed by atoms with Gasteiger partial charge in [-0.15, -0.1) is 0 Å². The maximum Gasteiger partial charge on any atom is 0.186 e. The van der Waals surface area contributed by atoms with Gasteiger partial charge in [0.2, 0.25) is 0 Å². The SMILES string of the molecule is CC(=O)S[C@H](C)CO. The predicted molar refractivity (Wildman–Crippen MR) is 34.8 cm³/mol. The Labute approximate surface area is 53.3 Å². The monoisotopic (exact) mass is 134 g/mol. The fourth-order valence-electron chi connectivity index (χ4n) is 0.321. The second kappa shape index (κ2) is 3.92. The van der Waals surface area contributed by atoms with Crippen molar-refractivity contribution in [2.75, 3.05) is 6.61 Å². The van der Waals surface area contributed by atoms with E-state index in [1.165, 1.54) is 18.7 Å². The van der Waals surface area contributed by atoms with Gasteiger partial charge in [0.05, 0.1) is 6.61 Å². The molecule has 0 aliphatic rings. The third-order valence-corrected chi connectivity index (χ3v) is 1.51. The van der Waals surface area contributed by atoms with Gasteiger partial charge < -0.3 is 5.11 Å². The molecule has 0 amide bonds. The molecule has 3 heteroatoms. The van der Waals surface area contributed by atoms with Crippen LogP contribution in [0.1, 0.15) is 13.8 Å². The van der Waals surface area contributed by atoms with Crippen LogP contribution in [-0.2, 0) is 4.79 Å². The Morgan fingerprint density at radius 2 is 2.38 bits per heavy atom. The van der Waals surface area contributed by atoms with Gasteiger partial charge in [0.1, 0.15) is 0 Å². The van der Waals surface area contributed by atoms with Gasteiger partial charge in [-0.1, -0.05) is 18.7 Å². The average Bonchev–Trinajstić information content (AvgIpc) is 1.65.